The summed E-state index contributed by atoms with van der Waals surface area (Å²) < 4.78 is 10.00. The topological polar surface area (TPSA) is 77.2 Å². The van der Waals surface area contributed by atoms with Gasteiger partial charge in [-0.1, -0.05) is 45.2 Å². The first kappa shape index (κ1) is 15.5. The zero-order valence-electron chi connectivity index (χ0n) is 11.9. The van der Waals surface area contributed by atoms with Crippen LogP contribution in [-0.2, 0) is 4.79 Å². The van der Waals surface area contributed by atoms with Crippen LogP contribution in [0.5, 0.6) is 6.08 Å². The standard InChI is InChI=1S/C13H23N3O3/c1-4-5-6-7-8-14-11(17)9-18-13-15-12(10(2)3)16-19-13/h10H,4-9H2,1-3H3,(H,14,17). The van der Waals surface area contributed by atoms with Crippen molar-refractivity contribution in [1.29, 1.82) is 0 Å². The first-order valence-electron chi connectivity index (χ1n) is 6.86. The highest BCUT2D eigenvalue weighted by Crippen LogP contribution is 2.13. The predicted octanol–water partition coefficient (Wildman–Crippen LogP) is 2.27. The molecule has 0 fully saturated rings. The fraction of sp³-hybridized carbons (Fsp3) is 0.769. The molecular formula is C13H23N3O3. The van der Waals surface area contributed by atoms with E-state index in [0.29, 0.717) is 12.4 Å². The number of carbonyl (C=O) groups is 1. The molecule has 0 unspecified atom stereocenters. The van der Waals surface area contributed by atoms with Crippen LogP contribution in [0.15, 0.2) is 4.52 Å². The van der Waals surface area contributed by atoms with Crippen molar-refractivity contribution in [2.45, 2.75) is 52.4 Å². The molecule has 1 aromatic rings. The lowest BCUT2D eigenvalue weighted by atomic mass is 10.2. The first-order chi connectivity index (χ1) is 9.13. The maximum atomic E-state index is 11.5. The smallest absolute Gasteiger partial charge is 0.417 e. The third-order valence-corrected chi connectivity index (χ3v) is 2.62. The molecule has 0 aromatic carbocycles. The molecule has 1 heterocycles. The van der Waals surface area contributed by atoms with E-state index in [1.165, 1.54) is 12.8 Å². The number of nitrogens with one attached hydrogen (secondary N) is 1. The van der Waals surface area contributed by atoms with Crippen LogP contribution in [0.2, 0.25) is 0 Å². The molecule has 0 bridgehead atoms. The Kier molecular flexibility index (Phi) is 6.92. The van der Waals surface area contributed by atoms with Crippen molar-refractivity contribution >= 4 is 5.91 Å². The van der Waals surface area contributed by atoms with Gasteiger partial charge in [0.1, 0.15) is 0 Å². The summed E-state index contributed by atoms with van der Waals surface area (Å²) in [6.07, 6.45) is 4.57. The average Bonchev–Trinajstić information content (AvgIpc) is 2.85. The van der Waals surface area contributed by atoms with Gasteiger partial charge in [-0.25, -0.2) is 0 Å². The first-order valence-corrected chi connectivity index (χ1v) is 6.86. The molecule has 1 N–H and O–H groups in total. The van der Waals surface area contributed by atoms with Gasteiger partial charge < -0.3 is 10.1 Å². The summed E-state index contributed by atoms with van der Waals surface area (Å²) in [6, 6.07) is 0. The van der Waals surface area contributed by atoms with Gasteiger partial charge in [0.25, 0.3) is 5.91 Å². The number of unbranched alkanes of at least 4 members (excludes halogenated alkanes) is 3. The van der Waals surface area contributed by atoms with Crippen molar-refractivity contribution in [3.63, 3.8) is 0 Å². The van der Waals surface area contributed by atoms with Gasteiger partial charge in [-0.15, -0.1) is 0 Å². The molecule has 0 aliphatic carbocycles. The summed E-state index contributed by atoms with van der Waals surface area (Å²) >= 11 is 0. The van der Waals surface area contributed by atoms with Crippen LogP contribution in [0.4, 0.5) is 0 Å². The van der Waals surface area contributed by atoms with Crippen molar-refractivity contribution in [2.75, 3.05) is 13.2 Å². The lowest BCUT2D eigenvalue weighted by molar-refractivity contribution is -0.123. The van der Waals surface area contributed by atoms with Gasteiger partial charge in [-0.2, -0.15) is 4.98 Å². The number of aromatic nitrogens is 2. The Morgan fingerprint density at radius 3 is 2.79 bits per heavy atom. The molecule has 6 heteroatoms. The zero-order valence-corrected chi connectivity index (χ0v) is 11.9. The number of hydrogen-bond donors (Lipinski definition) is 1. The number of nitrogens with zero attached hydrogens (tertiary/aromatic N) is 2. The molecule has 0 radical (unpaired) electrons. The van der Waals surface area contributed by atoms with Gasteiger partial charge >= 0.3 is 6.08 Å². The molecule has 108 valence electrons. The van der Waals surface area contributed by atoms with Crippen LogP contribution in [0.1, 0.15) is 58.2 Å². The minimum Gasteiger partial charge on any atom is -0.439 e. The summed E-state index contributed by atoms with van der Waals surface area (Å²) in [4.78, 5) is 15.5. The Morgan fingerprint density at radius 2 is 2.16 bits per heavy atom. The van der Waals surface area contributed by atoms with Crippen LogP contribution < -0.4 is 10.1 Å². The second kappa shape index (κ2) is 8.50. The monoisotopic (exact) mass is 269 g/mol. The van der Waals surface area contributed by atoms with E-state index in [0.717, 1.165) is 12.8 Å². The Balaban J connectivity index is 2.15. The number of amides is 1. The van der Waals surface area contributed by atoms with Crippen molar-refractivity contribution in [3.8, 4) is 6.08 Å². The van der Waals surface area contributed by atoms with Crippen LogP contribution in [-0.4, -0.2) is 29.2 Å². The number of ether oxygens (including phenoxy) is 1. The van der Waals surface area contributed by atoms with Crippen LogP contribution >= 0.6 is 0 Å². The second-order valence-corrected chi connectivity index (χ2v) is 4.77. The van der Waals surface area contributed by atoms with Crippen molar-refractivity contribution in [2.24, 2.45) is 0 Å². The molecule has 0 saturated carbocycles. The molecule has 0 atom stereocenters. The molecule has 6 nitrogen and oxygen atoms in total. The predicted molar refractivity (Wildman–Crippen MR) is 71.0 cm³/mol. The largest absolute Gasteiger partial charge is 0.439 e. The fourth-order valence-corrected chi connectivity index (χ4v) is 1.47. The van der Waals surface area contributed by atoms with E-state index in [4.69, 9.17) is 9.26 Å². The molecule has 0 aliphatic rings. The normalized spacial score (nSPS) is 10.7. The number of carbonyl (C=O) groups excluding carboxylic acids is 1. The maximum absolute atomic E-state index is 11.5. The van der Waals surface area contributed by atoms with Crippen molar-refractivity contribution in [3.05, 3.63) is 5.82 Å². The van der Waals surface area contributed by atoms with E-state index in [2.05, 4.69) is 22.4 Å². The SMILES string of the molecule is CCCCCCNC(=O)COc1nc(C(C)C)no1. The highest BCUT2D eigenvalue weighted by molar-refractivity contribution is 5.77. The highest BCUT2D eigenvalue weighted by Gasteiger charge is 2.11. The van der Waals surface area contributed by atoms with E-state index in [9.17, 15) is 4.79 Å². The van der Waals surface area contributed by atoms with E-state index < -0.39 is 0 Å². The molecule has 0 saturated heterocycles. The van der Waals surface area contributed by atoms with Gasteiger partial charge in [-0.3, -0.25) is 9.32 Å². The molecule has 1 aromatic heterocycles. The van der Waals surface area contributed by atoms with Gasteiger partial charge in [0.05, 0.1) is 0 Å². The lowest BCUT2D eigenvalue weighted by Crippen LogP contribution is -2.29. The van der Waals surface area contributed by atoms with E-state index in [1.54, 1.807) is 0 Å². The maximum Gasteiger partial charge on any atom is 0.417 e. The molecule has 0 spiro atoms. The minimum atomic E-state index is -0.166. The summed E-state index contributed by atoms with van der Waals surface area (Å²) in [5.41, 5.74) is 0. The molecule has 1 rings (SSSR count). The third-order valence-electron chi connectivity index (χ3n) is 2.62. The Morgan fingerprint density at radius 1 is 1.37 bits per heavy atom. The Bertz CT molecular complexity index is 377. The number of rotatable bonds is 9. The van der Waals surface area contributed by atoms with Gasteiger partial charge in [0.2, 0.25) is 0 Å². The Labute approximate surface area is 113 Å². The summed E-state index contributed by atoms with van der Waals surface area (Å²) in [6.45, 7) is 6.66. The van der Waals surface area contributed by atoms with Gasteiger partial charge in [0, 0.05) is 12.5 Å². The van der Waals surface area contributed by atoms with E-state index in [1.807, 2.05) is 13.8 Å². The third kappa shape index (κ3) is 6.22. The summed E-state index contributed by atoms with van der Waals surface area (Å²) in [5.74, 6) is 0.587. The average molecular weight is 269 g/mol. The summed E-state index contributed by atoms with van der Waals surface area (Å²) in [7, 11) is 0. The second-order valence-electron chi connectivity index (χ2n) is 4.77. The zero-order chi connectivity index (χ0) is 14.1. The fourth-order valence-electron chi connectivity index (χ4n) is 1.47. The number of hydrogen-bond acceptors (Lipinski definition) is 5. The van der Waals surface area contributed by atoms with Crippen LogP contribution in [0.3, 0.4) is 0 Å². The van der Waals surface area contributed by atoms with Crippen LogP contribution in [0, 0.1) is 0 Å². The lowest BCUT2D eigenvalue weighted by Gasteiger charge is -2.04. The van der Waals surface area contributed by atoms with Gasteiger partial charge in [-0.05, 0) is 6.42 Å². The molecule has 0 aliphatic heterocycles. The van der Waals surface area contributed by atoms with Crippen molar-refractivity contribution < 1.29 is 14.1 Å². The molecule has 1 amide bonds. The van der Waals surface area contributed by atoms with E-state index >= 15 is 0 Å². The highest BCUT2D eigenvalue weighted by atomic mass is 16.6. The van der Waals surface area contributed by atoms with Gasteiger partial charge in [0.15, 0.2) is 12.4 Å². The van der Waals surface area contributed by atoms with Crippen molar-refractivity contribution in [1.82, 2.24) is 15.5 Å². The quantitative estimate of drug-likeness (QED) is 0.696. The minimum absolute atomic E-state index is 0.0461. The van der Waals surface area contributed by atoms with E-state index in [-0.39, 0.29) is 24.5 Å². The Hall–Kier alpha value is -1.59. The van der Waals surface area contributed by atoms with Crippen LogP contribution in [0.25, 0.3) is 0 Å². The summed E-state index contributed by atoms with van der Waals surface area (Å²) in [5, 5.41) is 6.53. The molecule has 19 heavy (non-hydrogen) atoms. The molecular weight excluding hydrogens is 246 g/mol.